The number of halogens is 1. The molecule has 1 amide bonds. The minimum absolute atomic E-state index is 0.0772. The minimum atomic E-state index is -0.272. The van der Waals surface area contributed by atoms with Crippen molar-refractivity contribution in [3.8, 4) is 0 Å². The summed E-state index contributed by atoms with van der Waals surface area (Å²) >= 11 is 3.53. The van der Waals surface area contributed by atoms with Crippen LogP contribution < -0.4 is 5.32 Å². The lowest BCUT2D eigenvalue weighted by Crippen LogP contribution is -2.43. The van der Waals surface area contributed by atoms with Gasteiger partial charge in [0.1, 0.15) is 6.04 Å². The van der Waals surface area contributed by atoms with Gasteiger partial charge in [0.15, 0.2) is 0 Å². The summed E-state index contributed by atoms with van der Waals surface area (Å²) in [5, 5.41) is 7.73. The van der Waals surface area contributed by atoms with Gasteiger partial charge in [0, 0.05) is 6.04 Å². The molecule has 0 radical (unpaired) electrons. The number of aromatic nitrogens is 2. The molecular formula is C17H26BrN3O. The Morgan fingerprint density at radius 3 is 2.55 bits per heavy atom. The third kappa shape index (κ3) is 2.72. The Morgan fingerprint density at radius 1 is 1.32 bits per heavy atom. The second kappa shape index (κ2) is 5.99. The molecule has 1 aromatic rings. The van der Waals surface area contributed by atoms with E-state index in [-0.39, 0.29) is 18.0 Å². The SMILES string of the molecule is Cc1nn(C(C)C(=O)NC(C)C2CC3CCC2C3)c(C)c1Br. The van der Waals surface area contributed by atoms with Crippen LogP contribution in [0, 0.1) is 31.6 Å². The lowest BCUT2D eigenvalue weighted by atomic mass is 9.84. The first-order valence-corrected chi connectivity index (χ1v) is 9.19. The molecule has 0 aliphatic heterocycles. The summed E-state index contributed by atoms with van der Waals surface area (Å²) in [5.41, 5.74) is 1.94. The maximum atomic E-state index is 12.6. The number of nitrogens with zero attached hydrogens (tertiary/aromatic N) is 2. The van der Waals surface area contributed by atoms with Gasteiger partial charge in [-0.3, -0.25) is 9.48 Å². The van der Waals surface area contributed by atoms with Crippen molar-refractivity contribution in [3.05, 3.63) is 15.9 Å². The van der Waals surface area contributed by atoms with Crippen molar-refractivity contribution in [3.63, 3.8) is 0 Å². The van der Waals surface area contributed by atoms with Gasteiger partial charge in [-0.15, -0.1) is 0 Å². The van der Waals surface area contributed by atoms with Gasteiger partial charge in [0.2, 0.25) is 5.91 Å². The van der Waals surface area contributed by atoms with Crippen LogP contribution in [0.5, 0.6) is 0 Å². The van der Waals surface area contributed by atoms with Crippen molar-refractivity contribution in [1.29, 1.82) is 0 Å². The minimum Gasteiger partial charge on any atom is -0.352 e. The summed E-state index contributed by atoms with van der Waals surface area (Å²) < 4.78 is 2.82. The van der Waals surface area contributed by atoms with Crippen molar-refractivity contribution in [2.45, 2.75) is 65.5 Å². The molecule has 2 aliphatic rings. The van der Waals surface area contributed by atoms with Crippen LogP contribution in [0.1, 0.15) is 57.0 Å². The molecule has 5 atom stereocenters. The molecule has 0 saturated heterocycles. The van der Waals surface area contributed by atoms with Gasteiger partial charge in [-0.2, -0.15) is 5.10 Å². The highest BCUT2D eigenvalue weighted by Crippen LogP contribution is 2.49. The summed E-state index contributed by atoms with van der Waals surface area (Å²) in [5.74, 6) is 2.49. The normalized spacial score (nSPS) is 29.6. The first-order chi connectivity index (χ1) is 10.4. The zero-order chi connectivity index (χ0) is 16.0. The van der Waals surface area contributed by atoms with Gasteiger partial charge in [-0.1, -0.05) is 6.42 Å². The first kappa shape index (κ1) is 16.0. The molecule has 4 nitrogen and oxygen atoms in total. The molecule has 2 fully saturated rings. The largest absolute Gasteiger partial charge is 0.352 e. The monoisotopic (exact) mass is 367 g/mol. The molecular weight excluding hydrogens is 342 g/mol. The number of rotatable bonds is 4. The smallest absolute Gasteiger partial charge is 0.244 e. The zero-order valence-electron chi connectivity index (χ0n) is 13.9. The van der Waals surface area contributed by atoms with E-state index in [1.54, 1.807) is 0 Å². The molecule has 22 heavy (non-hydrogen) atoms. The van der Waals surface area contributed by atoms with Crippen molar-refractivity contribution < 1.29 is 4.79 Å². The van der Waals surface area contributed by atoms with E-state index in [9.17, 15) is 4.79 Å². The topological polar surface area (TPSA) is 46.9 Å². The Morgan fingerprint density at radius 2 is 2.05 bits per heavy atom. The molecule has 5 heteroatoms. The van der Waals surface area contributed by atoms with E-state index in [1.807, 2.05) is 25.5 Å². The first-order valence-electron chi connectivity index (χ1n) is 8.40. The molecule has 5 unspecified atom stereocenters. The molecule has 2 aliphatic carbocycles. The molecule has 0 spiro atoms. The fourth-order valence-corrected chi connectivity index (χ4v) is 4.75. The van der Waals surface area contributed by atoms with Gasteiger partial charge in [-0.25, -0.2) is 0 Å². The predicted molar refractivity (Wildman–Crippen MR) is 90.7 cm³/mol. The Bertz CT molecular complexity index is 583. The van der Waals surface area contributed by atoms with E-state index in [0.29, 0.717) is 5.92 Å². The van der Waals surface area contributed by atoms with Crippen LogP contribution in [0.4, 0.5) is 0 Å². The summed E-state index contributed by atoms with van der Waals surface area (Å²) in [6, 6.07) is -0.00306. The van der Waals surface area contributed by atoms with Crippen molar-refractivity contribution in [1.82, 2.24) is 15.1 Å². The van der Waals surface area contributed by atoms with Gasteiger partial charge >= 0.3 is 0 Å². The van der Waals surface area contributed by atoms with Crippen LogP contribution in [-0.4, -0.2) is 21.7 Å². The van der Waals surface area contributed by atoms with E-state index >= 15 is 0 Å². The molecule has 2 saturated carbocycles. The third-order valence-electron chi connectivity index (χ3n) is 5.79. The molecule has 3 rings (SSSR count). The summed E-state index contributed by atoms with van der Waals surface area (Å²) in [6.45, 7) is 8.05. The van der Waals surface area contributed by atoms with Crippen LogP contribution in [0.15, 0.2) is 4.47 Å². The van der Waals surface area contributed by atoms with Crippen LogP contribution in [0.3, 0.4) is 0 Å². The Kier molecular flexibility index (Phi) is 4.36. The number of aryl methyl sites for hydroxylation is 1. The van der Waals surface area contributed by atoms with E-state index in [0.717, 1.165) is 27.7 Å². The van der Waals surface area contributed by atoms with Gasteiger partial charge in [0.25, 0.3) is 0 Å². The average Bonchev–Trinajstić information content (AvgIpc) is 3.18. The summed E-state index contributed by atoms with van der Waals surface area (Å²) in [4.78, 5) is 12.6. The van der Waals surface area contributed by atoms with E-state index in [1.165, 1.54) is 25.7 Å². The molecule has 1 aromatic heterocycles. The zero-order valence-corrected chi connectivity index (χ0v) is 15.5. The van der Waals surface area contributed by atoms with Gasteiger partial charge in [-0.05, 0) is 80.6 Å². The van der Waals surface area contributed by atoms with Crippen molar-refractivity contribution in [2.24, 2.45) is 17.8 Å². The van der Waals surface area contributed by atoms with Crippen molar-refractivity contribution >= 4 is 21.8 Å². The quantitative estimate of drug-likeness (QED) is 0.880. The highest BCUT2D eigenvalue weighted by molar-refractivity contribution is 9.10. The maximum Gasteiger partial charge on any atom is 0.244 e. The standard InChI is InChI=1S/C17H26BrN3O/c1-9(15-8-13-5-6-14(15)7-13)19-17(22)12(4)21-11(3)16(18)10(2)20-21/h9,12-15H,5-8H2,1-4H3,(H,19,22). The second-order valence-corrected chi connectivity index (χ2v) is 8.03. The van der Waals surface area contributed by atoms with Crippen LogP contribution in [0.25, 0.3) is 0 Å². The average molecular weight is 368 g/mol. The number of nitrogens with one attached hydrogen (secondary N) is 1. The Labute approximate surface area is 141 Å². The molecule has 122 valence electrons. The number of fused-ring (bicyclic) bond motifs is 2. The molecule has 0 aromatic carbocycles. The lowest BCUT2D eigenvalue weighted by molar-refractivity contribution is -0.125. The third-order valence-corrected chi connectivity index (χ3v) is 6.94. The molecule has 2 bridgehead atoms. The highest BCUT2D eigenvalue weighted by atomic mass is 79.9. The van der Waals surface area contributed by atoms with Crippen LogP contribution in [0.2, 0.25) is 0 Å². The fraction of sp³-hybridized carbons (Fsp3) is 0.765. The lowest BCUT2D eigenvalue weighted by Gasteiger charge is -2.29. The maximum absolute atomic E-state index is 12.6. The summed E-state index contributed by atoms with van der Waals surface area (Å²) in [7, 11) is 0. The second-order valence-electron chi connectivity index (χ2n) is 7.24. The van der Waals surface area contributed by atoms with E-state index in [4.69, 9.17) is 0 Å². The van der Waals surface area contributed by atoms with Crippen LogP contribution >= 0.6 is 15.9 Å². The molecule has 1 heterocycles. The number of hydrogen-bond donors (Lipinski definition) is 1. The van der Waals surface area contributed by atoms with Gasteiger partial charge < -0.3 is 5.32 Å². The number of hydrogen-bond acceptors (Lipinski definition) is 2. The van der Waals surface area contributed by atoms with Crippen molar-refractivity contribution in [2.75, 3.05) is 0 Å². The van der Waals surface area contributed by atoms with E-state index in [2.05, 4.69) is 33.3 Å². The summed E-state index contributed by atoms with van der Waals surface area (Å²) in [6.07, 6.45) is 5.43. The van der Waals surface area contributed by atoms with Gasteiger partial charge in [0.05, 0.1) is 15.9 Å². The fourth-order valence-electron chi connectivity index (χ4n) is 4.49. The van der Waals surface area contributed by atoms with Crippen LogP contribution in [-0.2, 0) is 4.79 Å². The Hall–Kier alpha value is -0.840. The van der Waals surface area contributed by atoms with E-state index < -0.39 is 0 Å². The highest BCUT2D eigenvalue weighted by Gasteiger charge is 2.42. The number of carbonyl (C=O) groups excluding carboxylic acids is 1. The number of carbonyl (C=O) groups is 1. The Balaban J connectivity index is 1.65. The molecule has 1 N–H and O–H groups in total. The number of amides is 1. The predicted octanol–water partition coefficient (Wildman–Crippen LogP) is 3.76.